The predicted molar refractivity (Wildman–Crippen MR) is 116 cm³/mol. The van der Waals surface area contributed by atoms with Gasteiger partial charge in [-0.25, -0.2) is 4.79 Å². The van der Waals surface area contributed by atoms with Crippen LogP contribution in [0.15, 0.2) is 36.5 Å². The minimum Gasteiger partial charge on any atom is -0.453 e. The van der Waals surface area contributed by atoms with E-state index in [1.807, 2.05) is 0 Å². The molecule has 162 valence electrons. The number of halogens is 1. The van der Waals surface area contributed by atoms with Crippen molar-refractivity contribution in [1.82, 2.24) is 15.1 Å². The summed E-state index contributed by atoms with van der Waals surface area (Å²) in [6, 6.07) is 10.6. The molecule has 1 aromatic carbocycles. The molecule has 0 spiro atoms. The van der Waals surface area contributed by atoms with E-state index in [4.69, 9.17) is 21.1 Å². The highest BCUT2D eigenvalue weighted by Gasteiger charge is 2.38. The molecule has 1 saturated carbocycles. The Kier molecular flexibility index (Phi) is 6.95. The van der Waals surface area contributed by atoms with Gasteiger partial charge in [0.05, 0.1) is 36.6 Å². The lowest BCUT2D eigenvalue weighted by Crippen LogP contribution is -2.50. The van der Waals surface area contributed by atoms with Crippen LogP contribution < -0.4 is 0 Å². The van der Waals surface area contributed by atoms with Gasteiger partial charge in [0.1, 0.15) is 0 Å². The number of piperidine rings is 1. The monoisotopic (exact) mass is 431 g/mol. The second-order valence-corrected chi connectivity index (χ2v) is 8.72. The molecule has 7 heteroatoms. The molecule has 0 unspecified atom stereocenters. The molecule has 6 nitrogen and oxygen atoms in total. The van der Waals surface area contributed by atoms with Gasteiger partial charge in [-0.15, -0.1) is 0 Å². The first-order valence-electron chi connectivity index (χ1n) is 10.9. The van der Waals surface area contributed by atoms with Crippen molar-refractivity contribution in [3.63, 3.8) is 0 Å². The predicted octanol–water partition coefficient (Wildman–Crippen LogP) is 5.12. The number of carbonyl (C=O) groups excluding carboxylic acids is 1. The number of benzene rings is 1. The highest BCUT2D eigenvalue weighted by atomic mass is 35.5. The number of nitrogens with zero attached hydrogens (tertiary/aromatic N) is 2. The molecular weight excluding hydrogens is 402 g/mol. The van der Waals surface area contributed by atoms with E-state index in [1.54, 1.807) is 11.1 Å². The number of H-pyrrole nitrogens is 1. The van der Waals surface area contributed by atoms with Gasteiger partial charge in [0.2, 0.25) is 0 Å². The van der Waals surface area contributed by atoms with Crippen LogP contribution in [0.2, 0.25) is 5.02 Å². The first kappa shape index (κ1) is 21.2. The summed E-state index contributed by atoms with van der Waals surface area (Å²) in [5.41, 5.74) is 2.24. The maximum absolute atomic E-state index is 12.4. The maximum atomic E-state index is 12.4. The summed E-state index contributed by atoms with van der Waals surface area (Å²) >= 11 is 6.35. The molecule has 4 rings (SSSR count). The SMILES string of the molecule is COC(=O)N1CCC[C@@H](c2n[nH]cc2Cl)[C@H]1CO[C@H]1CC[C@@H](c2ccccc2)CC1. The van der Waals surface area contributed by atoms with Gasteiger partial charge in [0.25, 0.3) is 0 Å². The molecule has 0 radical (unpaired) electrons. The second-order valence-electron chi connectivity index (χ2n) is 8.32. The molecule has 2 aliphatic rings. The fourth-order valence-corrected chi connectivity index (χ4v) is 5.23. The van der Waals surface area contributed by atoms with Gasteiger partial charge in [0.15, 0.2) is 0 Å². The molecule has 1 aliphatic carbocycles. The number of rotatable bonds is 5. The Balaban J connectivity index is 1.40. The third-order valence-electron chi connectivity index (χ3n) is 6.61. The van der Waals surface area contributed by atoms with E-state index >= 15 is 0 Å². The highest BCUT2D eigenvalue weighted by Crippen LogP contribution is 2.37. The Morgan fingerprint density at radius 1 is 1.20 bits per heavy atom. The van der Waals surface area contributed by atoms with Crippen LogP contribution in [0, 0.1) is 0 Å². The first-order chi connectivity index (χ1) is 14.7. The number of aromatic amines is 1. The van der Waals surface area contributed by atoms with Crippen LogP contribution >= 0.6 is 11.6 Å². The quantitative estimate of drug-likeness (QED) is 0.713. The molecule has 2 heterocycles. The minimum atomic E-state index is -0.312. The topological polar surface area (TPSA) is 67.5 Å². The molecule has 2 aromatic rings. The van der Waals surface area contributed by atoms with Crippen LogP contribution in [0.3, 0.4) is 0 Å². The lowest BCUT2D eigenvalue weighted by atomic mass is 9.82. The van der Waals surface area contributed by atoms with Crippen molar-refractivity contribution in [2.45, 2.75) is 62.5 Å². The number of hydrogen-bond donors (Lipinski definition) is 1. The molecular formula is C23H30ClN3O3. The van der Waals surface area contributed by atoms with Crippen LogP contribution in [0.1, 0.15) is 61.6 Å². The zero-order valence-electron chi connectivity index (χ0n) is 17.4. The normalized spacial score (nSPS) is 27.1. The number of carbonyl (C=O) groups is 1. The molecule has 30 heavy (non-hydrogen) atoms. The van der Waals surface area contributed by atoms with Crippen molar-refractivity contribution >= 4 is 17.7 Å². The van der Waals surface area contributed by atoms with E-state index in [0.717, 1.165) is 44.2 Å². The zero-order valence-corrected chi connectivity index (χ0v) is 18.2. The molecule has 1 N–H and O–H groups in total. The molecule has 2 atom stereocenters. The molecule has 2 fully saturated rings. The van der Waals surface area contributed by atoms with Gasteiger partial charge in [-0.05, 0) is 50.0 Å². The first-order valence-corrected chi connectivity index (χ1v) is 11.3. The van der Waals surface area contributed by atoms with Gasteiger partial charge in [-0.2, -0.15) is 5.10 Å². The number of aromatic nitrogens is 2. The van der Waals surface area contributed by atoms with Crippen LogP contribution in [0.5, 0.6) is 0 Å². The Morgan fingerprint density at radius 2 is 1.97 bits per heavy atom. The third-order valence-corrected chi connectivity index (χ3v) is 6.91. The van der Waals surface area contributed by atoms with Crippen LogP contribution in [-0.4, -0.2) is 53.6 Å². The summed E-state index contributed by atoms with van der Waals surface area (Å²) in [5, 5.41) is 7.81. The number of amides is 1. The zero-order chi connectivity index (χ0) is 20.9. The van der Waals surface area contributed by atoms with Crippen LogP contribution in [0.4, 0.5) is 4.79 Å². The largest absolute Gasteiger partial charge is 0.453 e. The van der Waals surface area contributed by atoms with Crippen molar-refractivity contribution in [1.29, 1.82) is 0 Å². The van der Waals surface area contributed by atoms with Gasteiger partial charge in [0, 0.05) is 18.7 Å². The smallest absolute Gasteiger partial charge is 0.409 e. The summed E-state index contributed by atoms with van der Waals surface area (Å²) in [4.78, 5) is 14.2. The molecule has 0 bridgehead atoms. The summed E-state index contributed by atoms with van der Waals surface area (Å²) in [7, 11) is 1.43. The summed E-state index contributed by atoms with van der Waals surface area (Å²) in [5.74, 6) is 0.653. The fourth-order valence-electron chi connectivity index (χ4n) is 4.99. The molecule has 1 saturated heterocycles. The Labute approximate surface area is 182 Å². The number of methoxy groups -OCH3 is 1. The van der Waals surface area contributed by atoms with E-state index < -0.39 is 0 Å². The van der Waals surface area contributed by atoms with Crippen molar-refractivity contribution in [3.05, 3.63) is 52.8 Å². The number of ether oxygens (including phenoxy) is 2. The standard InChI is InChI=1S/C23H30ClN3O3/c1-29-23(28)27-13-5-8-19(22-20(24)14-25-26-22)21(27)15-30-18-11-9-17(10-12-18)16-6-3-2-4-7-16/h2-4,6-7,14,17-19,21H,5,8-13,15H2,1H3,(H,25,26)/t17-,18+,19-,21-/m1/s1. The van der Waals surface area contributed by atoms with E-state index in [2.05, 4.69) is 40.5 Å². The number of likely N-dealkylation sites (tertiary alicyclic amines) is 1. The Bertz CT molecular complexity index is 820. The van der Waals surface area contributed by atoms with Crippen molar-refractivity contribution < 1.29 is 14.3 Å². The van der Waals surface area contributed by atoms with E-state index in [9.17, 15) is 4.79 Å². The highest BCUT2D eigenvalue weighted by molar-refractivity contribution is 6.31. The third kappa shape index (κ3) is 4.65. The Hall–Kier alpha value is -2.05. The van der Waals surface area contributed by atoms with Gasteiger partial charge >= 0.3 is 6.09 Å². The molecule has 1 aromatic heterocycles. The average Bonchev–Trinajstić information content (AvgIpc) is 3.23. The lowest BCUT2D eigenvalue weighted by Gasteiger charge is -2.40. The minimum absolute atomic E-state index is 0.0391. The molecule has 1 amide bonds. The van der Waals surface area contributed by atoms with Crippen LogP contribution in [0.25, 0.3) is 0 Å². The lowest BCUT2D eigenvalue weighted by molar-refractivity contribution is -0.0242. The average molecular weight is 432 g/mol. The molecule has 1 aliphatic heterocycles. The maximum Gasteiger partial charge on any atom is 0.409 e. The van der Waals surface area contributed by atoms with E-state index in [0.29, 0.717) is 24.1 Å². The van der Waals surface area contributed by atoms with Crippen LogP contribution in [-0.2, 0) is 9.47 Å². The van der Waals surface area contributed by atoms with Crippen molar-refractivity contribution in [2.24, 2.45) is 0 Å². The van der Waals surface area contributed by atoms with E-state index in [-0.39, 0.29) is 24.2 Å². The van der Waals surface area contributed by atoms with Gasteiger partial charge in [-0.3, -0.25) is 5.10 Å². The number of hydrogen-bond acceptors (Lipinski definition) is 4. The Morgan fingerprint density at radius 3 is 2.63 bits per heavy atom. The summed E-state index contributed by atoms with van der Waals surface area (Å²) in [6.45, 7) is 1.14. The van der Waals surface area contributed by atoms with E-state index in [1.165, 1.54) is 12.7 Å². The second kappa shape index (κ2) is 9.84. The van der Waals surface area contributed by atoms with Gasteiger partial charge < -0.3 is 14.4 Å². The number of nitrogens with one attached hydrogen (secondary N) is 1. The fraction of sp³-hybridized carbons (Fsp3) is 0.565. The van der Waals surface area contributed by atoms with Gasteiger partial charge in [-0.1, -0.05) is 41.9 Å². The summed E-state index contributed by atoms with van der Waals surface area (Å²) < 4.78 is 11.4. The van der Waals surface area contributed by atoms with Crippen molar-refractivity contribution in [3.8, 4) is 0 Å². The summed E-state index contributed by atoms with van der Waals surface area (Å²) in [6.07, 6.45) is 7.76. The van der Waals surface area contributed by atoms with Crippen molar-refractivity contribution in [2.75, 3.05) is 20.3 Å².